The van der Waals surface area contributed by atoms with Gasteiger partial charge < -0.3 is 45.9 Å². The van der Waals surface area contributed by atoms with Gasteiger partial charge in [-0.05, 0) is 61.1 Å². The second-order valence-electron chi connectivity index (χ2n) is 13.6. The lowest BCUT2D eigenvalue weighted by molar-refractivity contribution is -0.112. The summed E-state index contributed by atoms with van der Waals surface area (Å²) in [4.78, 5) is 24.7. The van der Waals surface area contributed by atoms with E-state index in [2.05, 4.69) is 17.2 Å². The number of carbonyl (C=O) groups excluding carboxylic acids is 2. The maximum absolute atomic E-state index is 13.0. The van der Waals surface area contributed by atoms with Gasteiger partial charge in [-0.25, -0.2) is 4.79 Å². The van der Waals surface area contributed by atoms with Gasteiger partial charge in [0, 0.05) is 43.9 Å². The van der Waals surface area contributed by atoms with Gasteiger partial charge in [-0.2, -0.15) is 8.42 Å². The summed E-state index contributed by atoms with van der Waals surface area (Å²) in [5.41, 5.74) is 7.01. The number of methoxy groups -OCH3 is 2. The molecule has 14 nitrogen and oxygen atoms in total. The first-order valence-electron chi connectivity index (χ1n) is 17.8. The minimum absolute atomic E-state index is 0.0416. The van der Waals surface area contributed by atoms with Crippen molar-refractivity contribution >= 4 is 44.3 Å². The summed E-state index contributed by atoms with van der Waals surface area (Å²) in [5, 5.41) is 40.8. The maximum Gasteiger partial charge on any atom is 0.405 e. The van der Waals surface area contributed by atoms with E-state index in [9.17, 15) is 33.3 Å². The van der Waals surface area contributed by atoms with E-state index in [4.69, 9.17) is 24.5 Å². The number of ether oxygens (including phenoxy) is 3. The number of aliphatic hydroxyl groups excluding tert-OH is 1. The van der Waals surface area contributed by atoms with Crippen LogP contribution in [0.15, 0.2) is 102 Å². The van der Waals surface area contributed by atoms with Crippen molar-refractivity contribution in [3.05, 3.63) is 102 Å². The molecule has 0 aromatic heterocycles. The predicted octanol–water partition coefficient (Wildman–Crippen LogP) is 6.24. The number of aromatic hydroxyl groups is 2. The molecule has 3 aromatic carbocycles. The standard InChI is InChI=1S/C31H45N3O8.C10H8O3S/c1-8-12-33-26-21-13-17(2)14-25(41-7)27(36)19(4)15-20(5)29(42-31(32)39)24(40-6)11-9-10-18(3)30(38)34-22(28(21)37)16-23(26)35;11-14(12,13)10-6-5-8-3-1-2-4-9(8)7-10/h8-11,15-17,19,24-25,27,29,33,35-37H,1,12-14H2,2-7H3,(H2,32,39)(H,34,38);1-7H,(H,11,12,13)/b11-9-,18-10+,20-15+;/t17-,19+,24+,25+,27-,29+;/m1./s1. The van der Waals surface area contributed by atoms with E-state index in [-0.39, 0.29) is 28.0 Å². The molecule has 1 aliphatic rings. The van der Waals surface area contributed by atoms with Crippen LogP contribution in [0.4, 0.5) is 16.2 Å². The zero-order valence-corrected chi connectivity index (χ0v) is 33.2. The van der Waals surface area contributed by atoms with Crippen LogP contribution in [0, 0.1) is 11.8 Å². The number of fused-ring (bicyclic) bond motifs is 3. The van der Waals surface area contributed by atoms with Crippen molar-refractivity contribution in [1.82, 2.24) is 0 Å². The molecule has 8 N–H and O–H groups in total. The Kier molecular flexibility index (Phi) is 16.7. The van der Waals surface area contributed by atoms with Gasteiger partial charge in [0.25, 0.3) is 16.0 Å². The highest BCUT2D eigenvalue weighted by molar-refractivity contribution is 7.85. The zero-order valence-electron chi connectivity index (χ0n) is 32.4. The molecule has 0 spiro atoms. The molecule has 3 aromatic rings. The topological polar surface area (TPSA) is 227 Å². The number of hydrogen-bond donors (Lipinski definition) is 7. The van der Waals surface area contributed by atoms with Crippen LogP contribution in [0.5, 0.6) is 11.5 Å². The van der Waals surface area contributed by atoms with E-state index in [1.54, 1.807) is 50.3 Å². The van der Waals surface area contributed by atoms with E-state index < -0.39 is 52.5 Å². The molecule has 15 heteroatoms. The minimum Gasteiger partial charge on any atom is -0.506 e. The Hall–Kier alpha value is -5.19. The van der Waals surface area contributed by atoms with E-state index in [0.29, 0.717) is 41.8 Å². The highest BCUT2D eigenvalue weighted by Crippen LogP contribution is 2.42. The molecule has 1 aliphatic heterocycles. The number of nitrogens with one attached hydrogen (secondary N) is 2. The lowest BCUT2D eigenvalue weighted by Crippen LogP contribution is -2.37. The Balaban J connectivity index is 0.000000497. The molecular formula is C41H53N3O11S. The number of nitrogens with two attached hydrogens (primary N) is 1. The first kappa shape index (κ1) is 45.2. The van der Waals surface area contributed by atoms with Gasteiger partial charge in [-0.15, -0.1) is 6.58 Å². The van der Waals surface area contributed by atoms with Crippen LogP contribution >= 0.6 is 0 Å². The minimum atomic E-state index is -4.09. The second kappa shape index (κ2) is 20.6. The number of aliphatic hydroxyl groups is 1. The van der Waals surface area contributed by atoms with Crippen LogP contribution in [0.1, 0.15) is 39.7 Å². The Bertz CT molecular complexity index is 2060. The fourth-order valence-electron chi connectivity index (χ4n) is 6.31. The molecule has 0 saturated heterocycles. The van der Waals surface area contributed by atoms with E-state index in [0.717, 1.165) is 10.8 Å². The molecule has 0 aliphatic carbocycles. The number of allylic oxidation sites excluding steroid dienone is 2. The normalized spacial score (nSPS) is 24.9. The number of hydrogen-bond acceptors (Lipinski definition) is 11. The summed E-state index contributed by atoms with van der Waals surface area (Å²) < 4.78 is 47.1. The van der Waals surface area contributed by atoms with Gasteiger partial charge in [0.05, 0.1) is 28.5 Å². The number of carbonyl (C=O) groups is 2. The lowest BCUT2D eigenvalue weighted by Gasteiger charge is -2.29. The lowest BCUT2D eigenvalue weighted by atomic mass is 9.87. The van der Waals surface area contributed by atoms with Crippen LogP contribution in [-0.4, -0.2) is 85.5 Å². The Morgan fingerprint density at radius 3 is 2.36 bits per heavy atom. The van der Waals surface area contributed by atoms with Crippen molar-refractivity contribution < 1.29 is 52.1 Å². The number of amides is 2. The average Bonchev–Trinajstić information content (AvgIpc) is 3.15. The van der Waals surface area contributed by atoms with E-state index in [1.165, 1.54) is 38.5 Å². The quantitative estimate of drug-likeness (QED) is 0.0610. The van der Waals surface area contributed by atoms with Crippen LogP contribution in [0.2, 0.25) is 0 Å². The third-order valence-corrected chi connectivity index (χ3v) is 10.1. The monoisotopic (exact) mass is 795 g/mol. The molecule has 2 bridgehead atoms. The van der Waals surface area contributed by atoms with Gasteiger partial charge in [0.2, 0.25) is 0 Å². The predicted molar refractivity (Wildman–Crippen MR) is 216 cm³/mol. The summed E-state index contributed by atoms with van der Waals surface area (Å²) in [7, 11) is -1.14. The van der Waals surface area contributed by atoms with Crippen molar-refractivity contribution in [2.45, 2.75) is 69.8 Å². The average molecular weight is 796 g/mol. The highest BCUT2D eigenvalue weighted by Gasteiger charge is 2.30. The van der Waals surface area contributed by atoms with Crippen LogP contribution in [0.25, 0.3) is 10.8 Å². The molecule has 1 heterocycles. The summed E-state index contributed by atoms with van der Waals surface area (Å²) in [6.07, 6.45) is 4.64. The number of rotatable bonds is 7. The zero-order chi connectivity index (χ0) is 41.7. The number of phenols is 2. The molecule has 0 radical (unpaired) electrons. The first-order valence-corrected chi connectivity index (χ1v) is 19.3. The largest absolute Gasteiger partial charge is 0.506 e. The molecular weight excluding hydrogens is 743 g/mol. The summed E-state index contributed by atoms with van der Waals surface area (Å²) in [5.74, 6) is -1.41. The molecule has 56 heavy (non-hydrogen) atoms. The summed E-state index contributed by atoms with van der Waals surface area (Å²) in [6.45, 7) is 11.1. The smallest absolute Gasteiger partial charge is 0.405 e. The van der Waals surface area contributed by atoms with Gasteiger partial charge >= 0.3 is 6.09 Å². The van der Waals surface area contributed by atoms with Crippen LogP contribution < -0.4 is 16.4 Å². The highest BCUT2D eigenvalue weighted by atomic mass is 32.2. The van der Waals surface area contributed by atoms with E-state index in [1.807, 2.05) is 32.0 Å². The number of phenolic OH excluding ortho intramolecular Hbond substituents is 2. The van der Waals surface area contributed by atoms with Crippen molar-refractivity contribution in [2.24, 2.45) is 17.6 Å². The molecule has 6 atom stereocenters. The maximum atomic E-state index is 13.0. The molecule has 4 rings (SSSR count). The van der Waals surface area contributed by atoms with Crippen molar-refractivity contribution in [3.63, 3.8) is 0 Å². The Morgan fingerprint density at radius 1 is 1.07 bits per heavy atom. The number of primary amides is 1. The van der Waals surface area contributed by atoms with Gasteiger partial charge in [0.1, 0.15) is 17.6 Å². The van der Waals surface area contributed by atoms with E-state index >= 15 is 0 Å². The third-order valence-electron chi connectivity index (χ3n) is 9.27. The molecule has 0 saturated carbocycles. The van der Waals surface area contributed by atoms with Gasteiger partial charge in [-0.1, -0.05) is 74.6 Å². The third kappa shape index (κ3) is 12.4. The van der Waals surface area contributed by atoms with Gasteiger partial charge in [0.15, 0.2) is 6.10 Å². The van der Waals surface area contributed by atoms with Crippen molar-refractivity contribution in [3.8, 4) is 11.5 Å². The Labute approximate surface area is 328 Å². The molecule has 0 fully saturated rings. The molecule has 2 amide bonds. The summed E-state index contributed by atoms with van der Waals surface area (Å²) in [6, 6.07) is 13.1. The van der Waals surface area contributed by atoms with Crippen molar-refractivity contribution in [1.29, 1.82) is 0 Å². The summed E-state index contributed by atoms with van der Waals surface area (Å²) >= 11 is 0. The Morgan fingerprint density at radius 2 is 1.75 bits per heavy atom. The fourth-order valence-corrected chi connectivity index (χ4v) is 6.83. The second-order valence-corrected chi connectivity index (χ2v) is 15.0. The molecule has 0 unspecified atom stereocenters. The SMILES string of the molecule is C=CCNc1c(O)cc2c(O)c1C[C@@H](C)C[C@H](OC)[C@H](O)[C@@H](C)/C=C(\C)[C@H](OC(N)=O)[C@@H](OC)/C=C\C=C(/C)C(=O)N2.O=S(=O)(O)c1ccc2ccccc2c1. The number of anilines is 2. The molecule has 304 valence electrons. The number of benzene rings is 3. The van der Waals surface area contributed by atoms with Crippen LogP contribution in [-0.2, 0) is 35.5 Å². The van der Waals surface area contributed by atoms with Gasteiger partial charge in [-0.3, -0.25) is 9.35 Å². The van der Waals surface area contributed by atoms with Crippen LogP contribution in [0.3, 0.4) is 0 Å². The fraction of sp³-hybridized carbons (Fsp3) is 0.366. The first-order chi connectivity index (χ1) is 26.4. The van der Waals surface area contributed by atoms with Crippen molar-refractivity contribution in [2.75, 3.05) is 31.4 Å².